The maximum Gasteiger partial charge on any atom is 0.0730 e. The second kappa shape index (κ2) is 5.25. The van der Waals surface area contributed by atoms with Crippen LogP contribution in [0.3, 0.4) is 0 Å². The average molecular weight is 239 g/mol. The summed E-state index contributed by atoms with van der Waals surface area (Å²) < 4.78 is 5.82. The van der Waals surface area contributed by atoms with Gasteiger partial charge in [0.15, 0.2) is 0 Å². The lowest BCUT2D eigenvalue weighted by Gasteiger charge is -2.39. The van der Waals surface area contributed by atoms with E-state index in [9.17, 15) is 5.11 Å². The molecule has 3 fully saturated rings. The quantitative estimate of drug-likeness (QED) is 0.815. The van der Waals surface area contributed by atoms with Crippen LogP contribution >= 0.6 is 0 Å². The van der Waals surface area contributed by atoms with Gasteiger partial charge < -0.3 is 9.84 Å². The van der Waals surface area contributed by atoms with E-state index in [1.165, 1.54) is 44.9 Å². The van der Waals surface area contributed by atoms with Gasteiger partial charge in [-0.2, -0.15) is 0 Å². The SMILES string of the molecule is OC(CN1CCOC2CCCC21)C1CCCC1. The molecule has 1 saturated heterocycles. The van der Waals surface area contributed by atoms with E-state index in [-0.39, 0.29) is 6.10 Å². The van der Waals surface area contributed by atoms with Gasteiger partial charge in [0.2, 0.25) is 0 Å². The molecule has 1 N–H and O–H groups in total. The molecule has 0 spiro atoms. The smallest absolute Gasteiger partial charge is 0.0730 e. The number of hydrogen-bond acceptors (Lipinski definition) is 3. The Morgan fingerprint density at radius 3 is 2.76 bits per heavy atom. The molecule has 2 aliphatic carbocycles. The van der Waals surface area contributed by atoms with Crippen molar-refractivity contribution in [1.82, 2.24) is 4.90 Å². The van der Waals surface area contributed by atoms with Crippen LogP contribution in [0, 0.1) is 5.92 Å². The van der Waals surface area contributed by atoms with Gasteiger partial charge in [0.25, 0.3) is 0 Å². The van der Waals surface area contributed by atoms with Crippen LogP contribution in [0.4, 0.5) is 0 Å². The molecular weight excluding hydrogens is 214 g/mol. The van der Waals surface area contributed by atoms with Gasteiger partial charge >= 0.3 is 0 Å². The molecule has 0 aromatic carbocycles. The van der Waals surface area contributed by atoms with Crippen molar-refractivity contribution in [2.75, 3.05) is 19.7 Å². The fraction of sp³-hybridized carbons (Fsp3) is 1.00. The summed E-state index contributed by atoms with van der Waals surface area (Å²) in [6.45, 7) is 2.76. The summed E-state index contributed by atoms with van der Waals surface area (Å²) >= 11 is 0. The molecule has 17 heavy (non-hydrogen) atoms. The summed E-state index contributed by atoms with van der Waals surface area (Å²) in [5.41, 5.74) is 0. The Hall–Kier alpha value is -0.120. The molecule has 3 rings (SSSR count). The topological polar surface area (TPSA) is 32.7 Å². The van der Waals surface area contributed by atoms with Crippen molar-refractivity contribution in [2.45, 2.75) is 63.2 Å². The average Bonchev–Trinajstić information content (AvgIpc) is 3.00. The predicted octanol–water partition coefficient (Wildman–Crippen LogP) is 1.79. The third-order valence-corrected chi connectivity index (χ3v) is 4.96. The summed E-state index contributed by atoms with van der Waals surface area (Å²) in [5, 5.41) is 10.3. The molecule has 0 amide bonds. The maximum absolute atomic E-state index is 10.3. The number of aliphatic hydroxyl groups excluding tert-OH is 1. The minimum atomic E-state index is -0.100. The van der Waals surface area contributed by atoms with Crippen LogP contribution in [0.15, 0.2) is 0 Å². The first-order chi connectivity index (χ1) is 8.34. The highest BCUT2D eigenvalue weighted by Gasteiger charge is 2.37. The lowest BCUT2D eigenvalue weighted by molar-refractivity contribution is -0.0722. The lowest BCUT2D eigenvalue weighted by atomic mass is 9.99. The van der Waals surface area contributed by atoms with Gasteiger partial charge in [-0.15, -0.1) is 0 Å². The number of nitrogens with zero attached hydrogens (tertiary/aromatic N) is 1. The van der Waals surface area contributed by atoms with Gasteiger partial charge in [0.1, 0.15) is 0 Å². The van der Waals surface area contributed by atoms with Crippen molar-refractivity contribution < 1.29 is 9.84 Å². The number of morpholine rings is 1. The summed E-state index contributed by atoms with van der Waals surface area (Å²) in [4.78, 5) is 2.50. The molecule has 3 heteroatoms. The van der Waals surface area contributed by atoms with Gasteiger partial charge in [0, 0.05) is 19.1 Å². The molecule has 0 aromatic rings. The van der Waals surface area contributed by atoms with Crippen LogP contribution in [0.25, 0.3) is 0 Å². The normalized spacial score (nSPS) is 37.2. The Labute approximate surface area is 104 Å². The molecule has 98 valence electrons. The first-order valence-corrected chi connectivity index (χ1v) is 7.38. The second-order valence-corrected chi connectivity index (χ2v) is 6.01. The predicted molar refractivity (Wildman–Crippen MR) is 66.9 cm³/mol. The van der Waals surface area contributed by atoms with Crippen molar-refractivity contribution >= 4 is 0 Å². The number of β-amino-alcohol motifs (C(OH)–C–C–N with tert-alkyl or cyclic N) is 1. The Morgan fingerprint density at radius 2 is 1.94 bits per heavy atom. The molecule has 1 heterocycles. The largest absolute Gasteiger partial charge is 0.392 e. The maximum atomic E-state index is 10.3. The standard InChI is InChI=1S/C14H25NO2/c16-13(11-4-1-2-5-11)10-15-8-9-17-14-7-3-6-12(14)15/h11-14,16H,1-10H2. The highest BCUT2D eigenvalue weighted by atomic mass is 16.5. The van der Waals surface area contributed by atoms with E-state index < -0.39 is 0 Å². The number of aliphatic hydroxyl groups is 1. The van der Waals surface area contributed by atoms with Crippen LogP contribution in [-0.2, 0) is 4.74 Å². The zero-order valence-corrected chi connectivity index (χ0v) is 10.7. The molecule has 3 unspecified atom stereocenters. The van der Waals surface area contributed by atoms with Crippen LogP contribution in [0.1, 0.15) is 44.9 Å². The second-order valence-electron chi connectivity index (χ2n) is 6.01. The summed E-state index contributed by atoms with van der Waals surface area (Å²) in [7, 11) is 0. The van der Waals surface area contributed by atoms with Crippen molar-refractivity contribution in [1.29, 1.82) is 0 Å². The van der Waals surface area contributed by atoms with E-state index >= 15 is 0 Å². The monoisotopic (exact) mass is 239 g/mol. The minimum absolute atomic E-state index is 0.100. The Bertz CT molecular complexity index is 253. The highest BCUT2D eigenvalue weighted by Crippen LogP contribution is 2.32. The third-order valence-electron chi connectivity index (χ3n) is 4.96. The number of ether oxygens (including phenoxy) is 1. The van der Waals surface area contributed by atoms with Crippen LogP contribution in [-0.4, -0.2) is 48.0 Å². The van der Waals surface area contributed by atoms with Gasteiger partial charge in [-0.1, -0.05) is 12.8 Å². The van der Waals surface area contributed by atoms with Gasteiger partial charge in [0.05, 0.1) is 18.8 Å². The molecule has 3 aliphatic rings. The van der Waals surface area contributed by atoms with Crippen molar-refractivity contribution in [2.24, 2.45) is 5.92 Å². The van der Waals surface area contributed by atoms with E-state index in [0.717, 1.165) is 19.7 Å². The third kappa shape index (κ3) is 2.51. The van der Waals surface area contributed by atoms with Gasteiger partial charge in [-0.3, -0.25) is 4.90 Å². The zero-order chi connectivity index (χ0) is 11.7. The molecule has 0 bridgehead atoms. The molecule has 3 atom stereocenters. The van der Waals surface area contributed by atoms with Crippen molar-refractivity contribution in [3.05, 3.63) is 0 Å². The van der Waals surface area contributed by atoms with E-state index in [0.29, 0.717) is 18.1 Å². The van der Waals surface area contributed by atoms with Crippen molar-refractivity contribution in [3.8, 4) is 0 Å². The number of fused-ring (bicyclic) bond motifs is 1. The molecule has 3 nitrogen and oxygen atoms in total. The van der Waals surface area contributed by atoms with E-state index in [2.05, 4.69) is 4.90 Å². The first-order valence-electron chi connectivity index (χ1n) is 7.38. The number of hydrogen-bond donors (Lipinski definition) is 1. The Balaban J connectivity index is 1.56. The van der Waals surface area contributed by atoms with Crippen molar-refractivity contribution in [3.63, 3.8) is 0 Å². The molecule has 2 saturated carbocycles. The molecule has 0 radical (unpaired) electrons. The van der Waals surface area contributed by atoms with Crippen LogP contribution < -0.4 is 0 Å². The molecular formula is C14H25NO2. The summed E-state index contributed by atoms with van der Waals surface area (Å²) in [5.74, 6) is 0.567. The Kier molecular flexibility index (Phi) is 3.69. The van der Waals surface area contributed by atoms with E-state index in [4.69, 9.17) is 4.74 Å². The fourth-order valence-corrected chi connectivity index (χ4v) is 3.96. The zero-order valence-electron chi connectivity index (χ0n) is 10.7. The number of rotatable bonds is 3. The fourth-order valence-electron chi connectivity index (χ4n) is 3.96. The van der Waals surface area contributed by atoms with Gasteiger partial charge in [-0.25, -0.2) is 0 Å². The van der Waals surface area contributed by atoms with E-state index in [1.807, 2.05) is 0 Å². The molecule has 1 aliphatic heterocycles. The van der Waals surface area contributed by atoms with E-state index in [1.54, 1.807) is 0 Å². The lowest BCUT2D eigenvalue weighted by Crippen LogP contribution is -2.51. The van der Waals surface area contributed by atoms with Gasteiger partial charge in [-0.05, 0) is 38.0 Å². The van der Waals surface area contributed by atoms with Crippen LogP contribution in [0.5, 0.6) is 0 Å². The summed E-state index contributed by atoms with van der Waals surface area (Å²) in [6, 6.07) is 0.597. The molecule has 0 aromatic heterocycles. The minimum Gasteiger partial charge on any atom is -0.392 e. The first kappa shape index (κ1) is 11.9. The summed E-state index contributed by atoms with van der Waals surface area (Å²) in [6.07, 6.45) is 9.25. The Morgan fingerprint density at radius 1 is 1.12 bits per heavy atom. The highest BCUT2D eigenvalue weighted by molar-refractivity contribution is 4.91. The van der Waals surface area contributed by atoms with Crippen LogP contribution in [0.2, 0.25) is 0 Å².